The van der Waals surface area contributed by atoms with Crippen molar-refractivity contribution in [3.63, 3.8) is 0 Å². The van der Waals surface area contributed by atoms with E-state index in [-0.39, 0.29) is 5.11 Å². The molecule has 0 aromatic heterocycles. The van der Waals surface area contributed by atoms with Crippen LogP contribution in [0, 0.1) is 6.92 Å². The first-order valence-corrected chi connectivity index (χ1v) is 5.84. The van der Waals surface area contributed by atoms with Gasteiger partial charge in [0, 0.05) is 17.8 Å². The van der Waals surface area contributed by atoms with E-state index in [4.69, 9.17) is 33.8 Å². The van der Waals surface area contributed by atoms with Crippen molar-refractivity contribution in [2.24, 2.45) is 0 Å². The first kappa shape index (κ1) is 14.7. The van der Waals surface area contributed by atoms with E-state index in [1.54, 1.807) is 18.2 Å². The Morgan fingerprint density at radius 2 is 2.28 bits per heavy atom. The zero-order valence-electron chi connectivity index (χ0n) is 9.94. The average molecular weight is 289 g/mol. The zero-order chi connectivity index (χ0) is 13.7. The largest absolute Gasteiger partial charge is 0.479 e. The van der Waals surface area contributed by atoms with Crippen LogP contribution in [0.15, 0.2) is 18.2 Å². The number of hydroxylamine groups is 2. The third kappa shape index (κ3) is 4.48. The van der Waals surface area contributed by atoms with Gasteiger partial charge in [0.25, 0.3) is 0 Å². The predicted octanol–water partition coefficient (Wildman–Crippen LogP) is 2.29. The topological polar surface area (TPSA) is 61.8 Å². The van der Waals surface area contributed by atoms with Crippen LogP contribution in [-0.2, 0) is 9.63 Å². The fourth-order valence-corrected chi connectivity index (χ4v) is 1.56. The monoisotopic (exact) mass is 288 g/mol. The van der Waals surface area contributed by atoms with Crippen LogP contribution >= 0.6 is 23.8 Å². The van der Waals surface area contributed by atoms with E-state index in [1.807, 2.05) is 6.92 Å². The Morgan fingerprint density at radius 3 is 2.83 bits per heavy atom. The van der Waals surface area contributed by atoms with E-state index in [9.17, 15) is 4.79 Å². The molecule has 0 saturated heterocycles. The number of hydrogen-bond acceptors (Lipinski definition) is 3. The van der Waals surface area contributed by atoms with Crippen molar-refractivity contribution in [1.82, 2.24) is 5.06 Å². The minimum atomic E-state index is -1.06. The van der Waals surface area contributed by atoms with Crippen molar-refractivity contribution in [3.05, 3.63) is 28.8 Å². The Morgan fingerprint density at radius 1 is 1.61 bits per heavy atom. The molecule has 0 unspecified atom stereocenters. The number of aryl methyl sites for hydroxylation is 1. The van der Waals surface area contributed by atoms with Crippen LogP contribution in [0.1, 0.15) is 5.56 Å². The normalized spacial score (nSPS) is 9.94. The van der Waals surface area contributed by atoms with E-state index in [0.717, 1.165) is 11.3 Å². The van der Waals surface area contributed by atoms with E-state index in [0.29, 0.717) is 5.02 Å². The van der Waals surface area contributed by atoms with Gasteiger partial charge >= 0.3 is 5.97 Å². The molecule has 0 fully saturated rings. The summed E-state index contributed by atoms with van der Waals surface area (Å²) in [6.07, 6.45) is 0. The van der Waals surface area contributed by atoms with Gasteiger partial charge in [0.2, 0.25) is 0 Å². The standard InChI is InChI=1S/C11H13ClN2O3S/c1-7-5-8(12)3-4-9(7)13-11(18)14(2)17-6-10(15)16/h3-5H,6H2,1-2H3,(H,13,18)(H,15,16). The van der Waals surface area contributed by atoms with Gasteiger partial charge < -0.3 is 10.4 Å². The minimum absolute atomic E-state index is 0.265. The molecule has 0 heterocycles. The number of benzene rings is 1. The molecule has 18 heavy (non-hydrogen) atoms. The van der Waals surface area contributed by atoms with Crippen LogP contribution in [0.3, 0.4) is 0 Å². The number of anilines is 1. The molecule has 0 amide bonds. The van der Waals surface area contributed by atoms with Crippen molar-refractivity contribution in [2.45, 2.75) is 6.92 Å². The third-order valence-corrected chi connectivity index (χ3v) is 2.69. The van der Waals surface area contributed by atoms with Crippen LogP contribution in [0.2, 0.25) is 5.02 Å². The highest BCUT2D eigenvalue weighted by Crippen LogP contribution is 2.19. The molecule has 1 aromatic rings. The lowest BCUT2D eigenvalue weighted by Crippen LogP contribution is -2.33. The van der Waals surface area contributed by atoms with Crippen LogP contribution in [0.4, 0.5) is 5.69 Å². The van der Waals surface area contributed by atoms with Gasteiger partial charge in [-0.15, -0.1) is 0 Å². The summed E-state index contributed by atoms with van der Waals surface area (Å²) in [7, 11) is 1.53. The molecule has 7 heteroatoms. The smallest absolute Gasteiger partial charge is 0.332 e. The number of carbonyl (C=O) groups is 1. The molecule has 5 nitrogen and oxygen atoms in total. The number of carboxylic acid groups (broad SMARTS) is 1. The fourth-order valence-electron chi connectivity index (χ4n) is 1.17. The predicted molar refractivity (Wildman–Crippen MR) is 73.8 cm³/mol. The fraction of sp³-hybridized carbons (Fsp3) is 0.273. The van der Waals surface area contributed by atoms with Crippen molar-refractivity contribution in [3.8, 4) is 0 Å². The molecule has 0 radical (unpaired) electrons. The molecule has 98 valence electrons. The number of carboxylic acids is 1. The first-order valence-electron chi connectivity index (χ1n) is 5.05. The second-order valence-electron chi connectivity index (χ2n) is 3.55. The highest BCUT2D eigenvalue weighted by molar-refractivity contribution is 7.80. The maximum absolute atomic E-state index is 10.3. The molecule has 0 bridgehead atoms. The van der Waals surface area contributed by atoms with E-state index in [1.165, 1.54) is 12.1 Å². The lowest BCUT2D eigenvalue weighted by Gasteiger charge is -2.20. The maximum Gasteiger partial charge on any atom is 0.332 e. The minimum Gasteiger partial charge on any atom is -0.479 e. The van der Waals surface area contributed by atoms with E-state index in [2.05, 4.69) is 5.32 Å². The molecular formula is C11H13ClN2O3S. The van der Waals surface area contributed by atoms with Gasteiger partial charge in [0.05, 0.1) is 0 Å². The van der Waals surface area contributed by atoms with Crippen LogP contribution < -0.4 is 5.32 Å². The number of halogens is 1. The number of nitrogens with zero attached hydrogens (tertiary/aromatic N) is 1. The van der Waals surface area contributed by atoms with Gasteiger partial charge in [-0.2, -0.15) is 0 Å². The molecule has 1 aromatic carbocycles. The summed E-state index contributed by atoms with van der Waals surface area (Å²) < 4.78 is 0. The van der Waals surface area contributed by atoms with Crippen molar-refractivity contribution in [2.75, 3.05) is 19.0 Å². The number of thiocarbonyl (C=S) groups is 1. The highest BCUT2D eigenvalue weighted by atomic mass is 35.5. The molecule has 2 N–H and O–H groups in total. The lowest BCUT2D eigenvalue weighted by atomic mass is 10.2. The number of nitrogens with one attached hydrogen (secondary N) is 1. The number of hydrogen-bond donors (Lipinski definition) is 2. The van der Waals surface area contributed by atoms with Gasteiger partial charge in [-0.3, -0.25) is 4.84 Å². The summed E-state index contributed by atoms with van der Waals surface area (Å²) in [4.78, 5) is 15.3. The Kier molecular flexibility index (Phi) is 5.33. The highest BCUT2D eigenvalue weighted by Gasteiger charge is 2.08. The maximum atomic E-state index is 10.3. The van der Waals surface area contributed by atoms with Crippen LogP contribution in [0.5, 0.6) is 0 Å². The van der Waals surface area contributed by atoms with E-state index < -0.39 is 12.6 Å². The Bertz CT molecular complexity index is 468. The molecule has 0 spiro atoms. The summed E-state index contributed by atoms with van der Waals surface area (Å²) in [5.41, 5.74) is 1.71. The van der Waals surface area contributed by atoms with Crippen molar-refractivity contribution >= 4 is 40.6 Å². The van der Waals surface area contributed by atoms with Gasteiger partial charge in [-0.1, -0.05) is 11.6 Å². The summed E-state index contributed by atoms with van der Waals surface area (Å²) in [5, 5.41) is 13.5. The first-order chi connectivity index (χ1) is 8.40. The lowest BCUT2D eigenvalue weighted by molar-refractivity contribution is -0.155. The molecular weight excluding hydrogens is 276 g/mol. The summed E-state index contributed by atoms with van der Waals surface area (Å²) in [6, 6.07) is 5.32. The molecule has 0 aliphatic carbocycles. The van der Waals surface area contributed by atoms with Crippen LogP contribution in [0.25, 0.3) is 0 Å². The summed E-state index contributed by atoms with van der Waals surface area (Å²) in [5.74, 6) is -1.06. The summed E-state index contributed by atoms with van der Waals surface area (Å²) >= 11 is 10.9. The molecule has 0 aliphatic heterocycles. The Hall–Kier alpha value is -1.37. The zero-order valence-corrected chi connectivity index (χ0v) is 11.5. The van der Waals surface area contributed by atoms with Gasteiger partial charge in [-0.05, 0) is 42.9 Å². The summed E-state index contributed by atoms with van der Waals surface area (Å²) in [6.45, 7) is 1.44. The van der Waals surface area contributed by atoms with Gasteiger partial charge in [0.1, 0.15) is 0 Å². The Balaban J connectivity index is 2.61. The van der Waals surface area contributed by atoms with Gasteiger partial charge in [0.15, 0.2) is 11.7 Å². The molecule has 0 atom stereocenters. The van der Waals surface area contributed by atoms with E-state index >= 15 is 0 Å². The number of rotatable bonds is 4. The molecule has 1 rings (SSSR count). The van der Waals surface area contributed by atoms with Gasteiger partial charge in [-0.25, -0.2) is 9.86 Å². The van der Waals surface area contributed by atoms with Crippen molar-refractivity contribution in [1.29, 1.82) is 0 Å². The van der Waals surface area contributed by atoms with Crippen molar-refractivity contribution < 1.29 is 14.7 Å². The molecule has 0 aliphatic rings. The van der Waals surface area contributed by atoms with Crippen LogP contribution in [-0.4, -0.2) is 34.9 Å². The third-order valence-electron chi connectivity index (χ3n) is 2.10. The SMILES string of the molecule is Cc1cc(Cl)ccc1NC(=S)N(C)OCC(=O)O. The molecule has 0 saturated carbocycles. The second kappa shape index (κ2) is 6.53. The second-order valence-corrected chi connectivity index (χ2v) is 4.38. The quantitative estimate of drug-likeness (QED) is 0.655. The Labute approximate surface area is 115 Å². The average Bonchev–Trinajstić information content (AvgIpc) is 2.29. The number of aliphatic carboxylic acids is 1.